The summed E-state index contributed by atoms with van der Waals surface area (Å²) in [5.41, 5.74) is 3.25. The summed E-state index contributed by atoms with van der Waals surface area (Å²) in [6.07, 6.45) is 0. The Hall–Kier alpha value is -1.84. The molecule has 2 N–H and O–H groups in total. The van der Waals surface area contributed by atoms with Crippen molar-refractivity contribution in [1.82, 2.24) is 5.32 Å². The fourth-order valence-electron chi connectivity index (χ4n) is 2.07. The third-order valence-electron chi connectivity index (χ3n) is 3.27. The average Bonchev–Trinajstić information content (AvgIpc) is 2.49. The largest absolute Gasteiger partial charge is 0.322 e. The van der Waals surface area contributed by atoms with E-state index in [9.17, 15) is 4.79 Å². The molecule has 0 aliphatic rings. The molecule has 2 rings (SSSR count). The second-order valence-electron chi connectivity index (χ2n) is 4.83. The number of anilines is 1. The molecule has 0 radical (unpaired) electrons. The van der Waals surface area contributed by atoms with Crippen LogP contribution in [0.1, 0.15) is 28.4 Å². The molecule has 1 amide bonds. The molecule has 21 heavy (non-hydrogen) atoms. The normalized spacial score (nSPS) is 10.4. The third-order valence-corrected chi connectivity index (χ3v) is 3.77. The molecule has 0 aliphatic carbocycles. The van der Waals surface area contributed by atoms with Gasteiger partial charge in [-0.2, -0.15) is 0 Å². The van der Waals surface area contributed by atoms with Crippen LogP contribution in [0.4, 0.5) is 5.69 Å². The van der Waals surface area contributed by atoms with Crippen LogP contribution in [-0.2, 0) is 6.54 Å². The Bertz CT molecular complexity index is 640. The molecule has 0 heterocycles. The Balaban J connectivity index is 2.22. The molecule has 0 spiro atoms. The first kappa shape index (κ1) is 15.5. The van der Waals surface area contributed by atoms with Gasteiger partial charge in [0.1, 0.15) is 0 Å². The van der Waals surface area contributed by atoms with Gasteiger partial charge in [0.05, 0.1) is 10.6 Å². The number of rotatable bonds is 5. The zero-order chi connectivity index (χ0) is 15.2. The smallest absolute Gasteiger partial charge is 0.257 e. The van der Waals surface area contributed by atoms with Gasteiger partial charge in [0, 0.05) is 12.2 Å². The van der Waals surface area contributed by atoms with Crippen molar-refractivity contribution in [3.63, 3.8) is 0 Å². The van der Waals surface area contributed by atoms with Crippen molar-refractivity contribution in [2.75, 3.05) is 11.9 Å². The first-order valence-electron chi connectivity index (χ1n) is 6.98. The monoisotopic (exact) mass is 302 g/mol. The SMILES string of the molecule is CCNCc1ccccc1NC(=O)c1cccc(C)c1Cl. The molecular formula is C17H19ClN2O. The molecule has 110 valence electrons. The van der Waals surface area contributed by atoms with Crippen molar-refractivity contribution < 1.29 is 4.79 Å². The van der Waals surface area contributed by atoms with Crippen molar-refractivity contribution in [3.8, 4) is 0 Å². The summed E-state index contributed by atoms with van der Waals surface area (Å²) < 4.78 is 0. The molecule has 2 aromatic rings. The lowest BCUT2D eigenvalue weighted by Gasteiger charge is -2.12. The highest BCUT2D eigenvalue weighted by Gasteiger charge is 2.13. The van der Waals surface area contributed by atoms with E-state index < -0.39 is 0 Å². The fourth-order valence-corrected chi connectivity index (χ4v) is 2.28. The van der Waals surface area contributed by atoms with E-state index >= 15 is 0 Å². The first-order valence-corrected chi connectivity index (χ1v) is 7.36. The van der Waals surface area contributed by atoms with Crippen molar-refractivity contribution in [2.45, 2.75) is 20.4 Å². The predicted molar refractivity (Wildman–Crippen MR) is 88.0 cm³/mol. The van der Waals surface area contributed by atoms with E-state index in [1.165, 1.54) is 0 Å². The van der Waals surface area contributed by atoms with Crippen LogP contribution in [0.15, 0.2) is 42.5 Å². The van der Waals surface area contributed by atoms with Crippen molar-refractivity contribution in [2.24, 2.45) is 0 Å². The highest BCUT2D eigenvalue weighted by atomic mass is 35.5. The van der Waals surface area contributed by atoms with Gasteiger partial charge < -0.3 is 10.6 Å². The number of amides is 1. The Kier molecular flexibility index (Phi) is 5.37. The van der Waals surface area contributed by atoms with Crippen molar-refractivity contribution in [1.29, 1.82) is 0 Å². The zero-order valence-electron chi connectivity index (χ0n) is 12.2. The van der Waals surface area contributed by atoms with Gasteiger partial charge in [-0.1, -0.05) is 48.9 Å². The molecule has 2 aromatic carbocycles. The van der Waals surface area contributed by atoms with Crippen LogP contribution in [0.25, 0.3) is 0 Å². The number of aryl methyl sites for hydroxylation is 1. The van der Waals surface area contributed by atoms with Gasteiger partial charge in [-0.25, -0.2) is 0 Å². The molecule has 0 saturated carbocycles. The molecular weight excluding hydrogens is 284 g/mol. The lowest BCUT2D eigenvalue weighted by Crippen LogP contribution is -2.17. The fraction of sp³-hybridized carbons (Fsp3) is 0.235. The summed E-state index contributed by atoms with van der Waals surface area (Å²) in [6.45, 7) is 5.53. The summed E-state index contributed by atoms with van der Waals surface area (Å²) >= 11 is 6.20. The van der Waals surface area contributed by atoms with Gasteiger partial charge in [0.2, 0.25) is 0 Å². The number of carbonyl (C=O) groups excluding carboxylic acids is 1. The Morgan fingerprint density at radius 1 is 1.14 bits per heavy atom. The van der Waals surface area contributed by atoms with E-state index in [1.54, 1.807) is 6.07 Å². The van der Waals surface area contributed by atoms with Gasteiger partial charge in [-0.15, -0.1) is 0 Å². The van der Waals surface area contributed by atoms with E-state index in [1.807, 2.05) is 50.2 Å². The Morgan fingerprint density at radius 3 is 2.67 bits per heavy atom. The summed E-state index contributed by atoms with van der Waals surface area (Å²) in [5, 5.41) is 6.70. The molecule has 0 bridgehead atoms. The van der Waals surface area contributed by atoms with Gasteiger partial charge in [0.15, 0.2) is 0 Å². The summed E-state index contributed by atoms with van der Waals surface area (Å²) in [6, 6.07) is 13.2. The van der Waals surface area contributed by atoms with E-state index in [0.717, 1.165) is 23.4 Å². The number of carbonyl (C=O) groups is 1. The first-order chi connectivity index (χ1) is 10.1. The van der Waals surface area contributed by atoms with E-state index in [-0.39, 0.29) is 5.91 Å². The van der Waals surface area contributed by atoms with Crippen molar-refractivity contribution in [3.05, 3.63) is 64.2 Å². The molecule has 0 aliphatic heterocycles. The summed E-state index contributed by atoms with van der Waals surface area (Å²) in [7, 11) is 0. The number of para-hydroxylation sites is 1. The quantitative estimate of drug-likeness (QED) is 0.876. The maximum absolute atomic E-state index is 12.4. The minimum atomic E-state index is -0.187. The number of nitrogens with one attached hydrogen (secondary N) is 2. The zero-order valence-corrected chi connectivity index (χ0v) is 13.0. The van der Waals surface area contributed by atoms with E-state index in [4.69, 9.17) is 11.6 Å². The molecule has 0 atom stereocenters. The van der Waals surface area contributed by atoms with Crippen molar-refractivity contribution >= 4 is 23.2 Å². The van der Waals surface area contributed by atoms with Gasteiger partial charge in [-0.05, 0) is 36.7 Å². The maximum atomic E-state index is 12.4. The topological polar surface area (TPSA) is 41.1 Å². The van der Waals surface area contributed by atoms with Gasteiger partial charge in [0.25, 0.3) is 5.91 Å². The minimum Gasteiger partial charge on any atom is -0.322 e. The van der Waals surface area contributed by atoms with Crippen LogP contribution in [0.2, 0.25) is 5.02 Å². The number of hydrogen-bond acceptors (Lipinski definition) is 2. The maximum Gasteiger partial charge on any atom is 0.257 e. The lowest BCUT2D eigenvalue weighted by atomic mass is 10.1. The molecule has 0 aromatic heterocycles. The van der Waals surface area contributed by atoms with E-state index in [2.05, 4.69) is 10.6 Å². The second kappa shape index (κ2) is 7.25. The van der Waals surface area contributed by atoms with Crippen LogP contribution in [0.3, 0.4) is 0 Å². The Labute approximate surface area is 130 Å². The predicted octanol–water partition coefficient (Wildman–Crippen LogP) is 4.01. The molecule has 4 heteroatoms. The number of hydrogen-bond donors (Lipinski definition) is 2. The van der Waals surface area contributed by atoms with Crippen LogP contribution in [0.5, 0.6) is 0 Å². The Morgan fingerprint density at radius 2 is 1.90 bits per heavy atom. The van der Waals surface area contributed by atoms with Crippen LogP contribution in [0, 0.1) is 6.92 Å². The van der Waals surface area contributed by atoms with Crippen LogP contribution < -0.4 is 10.6 Å². The van der Waals surface area contributed by atoms with Gasteiger partial charge in [-0.3, -0.25) is 4.79 Å². The van der Waals surface area contributed by atoms with Gasteiger partial charge >= 0.3 is 0 Å². The molecule has 3 nitrogen and oxygen atoms in total. The standard InChI is InChI=1S/C17H19ClN2O/c1-3-19-11-13-8-4-5-10-15(13)20-17(21)14-9-6-7-12(2)16(14)18/h4-10,19H,3,11H2,1-2H3,(H,20,21). The highest BCUT2D eigenvalue weighted by molar-refractivity contribution is 6.35. The van der Waals surface area contributed by atoms with Crippen LogP contribution >= 0.6 is 11.6 Å². The molecule has 0 saturated heterocycles. The third kappa shape index (κ3) is 3.84. The van der Waals surface area contributed by atoms with E-state index in [0.29, 0.717) is 17.1 Å². The minimum absolute atomic E-state index is 0.187. The lowest BCUT2D eigenvalue weighted by molar-refractivity contribution is 0.102. The average molecular weight is 303 g/mol. The highest BCUT2D eigenvalue weighted by Crippen LogP contribution is 2.22. The molecule has 0 unspecified atom stereocenters. The van der Waals surface area contributed by atoms with Crippen LogP contribution in [-0.4, -0.2) is 12.5 Å². The number of halogens is 1. The number of benzene rings is 2. The summed E-state index contributed by atoms with van der Waals surface area (Å²) in [5.74, 6) is -0.187. The summed E-state index contributed by atoms with van der Waals surface area (Å²) in [4.78, 5) is 12.4. The second-order valence-corrected chi connectivity index (χ2v) is 5.21. The molecule has 0 fully saturated rings.